The first-order chi connectivity index (χ1) is 8.61. The molecule has 96 valence electrons. The molecule has 0 aromatic heterocycles. The molecule has 3 nitrogen and oxygen atoms in total. The van der Waals surface area contributed by atoms with Gasteiger partial charge in [-0.3, -0.25) is 9.69 Å². The van der Waals surface area contributed by atoms with E-state index in [9.17, 15) is 4.79 Å². The van der Waals surface area contributed by atoms with Crippen molar-refractivity contribution in [3.63, 3.8) is 0 Å². The zero-order valence-electron chi connectivity index (χ0n) is 11.1. The van der Waals surface area contributed by atoms with Gasteiger partial charge in [-0.15, -0.1) is 0 Å². The summed E-state index contributed by atoms with van der Waals surface area (Å²) in [6.45, 7) is 4.16. The van der Waals surface area contributed by atoms with Gasteiger partial charge in [0.15, 0.2) is 0 Å². The lowest BCUT2D eigenvalue weighted by molar-refractivity contribution is -0.121. The van der Waals surface area contributed by atoms with E-state index in [-0.39, 0.29) is 6.04 Å². The van der Waals surface area contributed by atoms with Crippen molar-refractivity contribution in [1.29, 1.82) is 0 Å². The predicted octanol–water partition coefficient (Wildman–Crippen LogP) is 2.01. The van der Waals surface area contributed by atoms with Gasteiger partial charge in [0, 0.05) is 38.0 Å². The minimum Gasteiger partial charge on any atom is -0.307 e. The van der Waals surface area contributed by atoms with Crippen molar-refractivity contribution in [2.75, 3.05) is 7.05 Å². The zero-order chi connectivity index (χ0) is 12.7. The first kappa shape index (κ1) is 11.9. The van der Waals surface area contributed by atoms with E-state index in [2.05, 4.69) is 42.4 Å². The number of hydrogen-bond donors (Lipinski definition) is 1. The van der Waals surface area contributed by atoms with Gasteiger partial charge in [0.25, 0.3) is 0 Å². The van der Waals surface area contributed by atoms with Crippen LogP contribution in [0.4, 0.5) is 0 Å². The van der Waals surface area contributed by atoms with Crippen LogP contribution in [0.15, 0.2) is 18.2 Å². The van der Waals surface area contributed by atoms with E-state index in [0.717, 1.165) is 13.1 Å². The highest BCUT2D eigenvalue weighted by molar-refractivity contribution is 5.80. The summed E-state index contributed by atoms with van der Waals surface area (Å²) in [6, 6.07) is 7.19. The minimum absolute atomic E-state index is 0.206. The third kappa shape index (κ3) is 2.20. The lowest BCUT2D eigenvalue weighted by Crippen LogP contribution is -2.38. The molecule has 3 rings (SSSR count). The zero-order valence-corrected chi connectivity index (χ0v) is 11.1. The largest absolute Gasteiger partial charge is 0.307 e. The number of rotatable bonds is 1. The number of hydrogen-bond acceptors (Lipinski definition) is 3. The maximum atomic E-state index is 11.7. The van der Waals surface area contributed by atoms with Crippen molar-refractivity contribution in [2.24, 2.45) is 0 Å². The fraction of sp³-hybridized carbons (Fsp3) is 0.533. The van der Waals surface area contributed by atoms with Crippen molar-refractivity contribution < 1.29 is 4.79 Å². The van der Waals surface area contributed by atoms with E-state index in [1.807, 2.05) is 0 Å². The van der Waals surface area contributed by atoms with Crippen molar-refractivity contribution >= 4 is 5.78 Å². The van der Waals surface area contributed by atoms with Crippen LogP contribution < -0.4 is 5.32 Å². The molecule has 18 heavy (non-hydrogen) atoms. The number of fused-ring (bicyclic) bond motifs is 1. The maximum absolute atomic E-state index is 11.7. The molecule has 3 heteroatoms. The quantitative estimate of drug-likeness (QED) is 0.820. The van der Waals surface area contributed by atoms with Crippen molar-refractivity contribution in [3.05, 3.63) is 34.9 Å². The standard InChI is InChI=1S/C15H20N2O/c1-10-5-14(18)7-15(16-10)11-3-4-12-8-17(2)9-13(12)6-11/h3-4,6,10,15-16H,5,7-9H2,1-2H3. The summed E-state index contributed by atoms with van der Waals surface area (Å²) in [5, 5.41) is 3.53. The van der Waals surface area contributed by atoms with Crippen LogP contribution in [-0.4, -0.2) is 23.8 Å². The van der Waals surface area contributed by atoms with Crippen LogP contribution in [0, 0.1) is 0 Å². The molecule has 0 amide bonds. The fourth-order valence-electron chi connectivity index (χ4n) is 3.13. The number of nitrogens with one attached hydrogen (secondary N) is 1. The highest BCUT2D eigenvalue weighted by atomic mass is 16.1. The molecule has 1 aromatic rings. The van der Waals surface area contributed by atoms with Gasteiger partial charge in [0.2, 0.25) is 0 Å². The Bertz CT molecular complexity index is 483. The number of carbonyl (C=O) groups is 1. The second kappa shape index (κ2) is 4.48. The van der Waals surface area contributed by atoms with Crippen LogP contribution in [-0.2, 0) is 17.9 Å². The summed E-state index contributed by atoms with van der Waals surface area (Å²) >= 11 is 0. The van der Waals surface area contributed by atoms with Crippen LogP contribution in [0.25, 0.3) is 0 Å². The Labute approximate surface area is 108 Å². The minimum atomic E-state index is 0.206. The molecular formula is C15H20N2O. The predicted molar refractivity (Wildman–Crippen MR) is 71.2 cm³/mol. The van der Waals surface area contributed by atoms with Crippen LogP contribution >= 0.6 is 0 Å². The van der Waals surface area contributed by atoms with Crippen molar-refractivity contribution in [2.45, 2.75) is 44.9 Å². The van der Waals surface area contributed by atoms with E-state index < -0.39 is 0 Å². The molecule has 0 saturated carbocycles. The smallest absolute Gasteiger partial charge is 0.136 e. The molecule has 1 saturated heterocycles. The average Bonchev–Trinajstić information content (AvgIpc) is 2.66. The molecule has 0 radical (unpaired) electrons. The average molecular weight is 244 g/mol. The van der Waals surface area contributed by atoms with Gasteiger partial charge in [-0.1, -0.05) is 18.2 Å². The summed E-state index contributed by atoms with van der Waals surface area (Å²) in [4.78, 5) is 14.0. The topological polar surface area (TPSA) is 32.3 Å². The molecule has 2 aliphatic heterocycles. The van der Waals surface area contributed by atoms with Crippen LogP contribution in [0.5, 0.6) is 0 Å². The highest BCUT2D eigenvalue weighted by Crippen LogP contribution is 2.28. The van der Waals surface area contributed by atoms with E-state index in [1.54, 1.807) is 0 Å². The normalized spacial score (nSPS) is 28.4. The lowest BCUT2D eigenvalue weighted by Gasteiger charge is -2.28. The van der Waals surface area contributed by atoms with E-state index in [0.29, 0.717) is 24.7 Å². The molecule has 2 unspecified atom stereocenters. The Balaban J connectivity index is 1.85. The van der Waals surface area contributed by atoms with E-state index >= 15 is 0 Å². The number of carbonyl (C=O) groups excluding carboxylic acids is 1. The number of benzene rings is 1. The number of piperidine rings is 1. The van der Waals surface area contributed by atoms with Crippen LogP contribution in [0.2, 0.25) is 0 Å². The second-order valence-corrected chi connectivity index (χ2v) is 5.77. The Kier molecular flexibility index (Phi) is 2.96. The molecule has 2 aliphatic rings. The lowest BCUT2D eigenvalue weighted by atomic mass is 9.91. The summed E-state index contributed by atoms with van der Waals surface area (Å²) in [5.74, 6) is 0.379. The van der Waals surface area contributed by atoms with Gasteiger partial charge in [0.1, 0.15) is 5.78 Å². The Hall–Kier alpha value is -1.19. The van der Waals surface area contributed by atoms with Gasteiger partial charge in [-0.05, 0) is 30.7 Å². The number of ketones is 1. The van der Waals surface area contributed by atoms with Crippen molar-refractivity contribution in [3.8, 4) is 0 Å². The second-order valence-electron chi connectivity index (χ2n) is 5.77. The molecule has 0 spiro atoms. The van der Waals surface area contributed by atoms with Gasteiger partial charge >= 0.3 is 0 Å². The van der Waals surface area contributed by atoms with Crippen LogP contribution in [0.3, 0.4) is 0 Å². The SMILES string of the molecule is CC1CC(=O)CC(c2ccc3c(c2)CN(C)C3)N1. The van der Waals surface area contributed by atoms with E-state index in [1.165, 1.54) is 16.7 Å². The van der Waals surface area contributed by atoms with E-state index in [4.69, 9.17) is 0 Å². The molecule has 1 N–H and O–H groups in total. The fourth-order valence-corrected chi connectivity index (χ4v) is 3.13. The highest BCUT2D eigenvalue weighted by Gasteiger charge is 2.26. The first-order valence-electron chi connectivity index (χ1n) is 6.70. The van der Waals surface area contributed by atoms with Crippen molar-refractivity contribution in [1.82, 2.24) is 10.2 Å². The summed E-state index contributed by atoms with van der Waals surface area (Å²) in [7, 11) is 2.14. The number of nitrogens with zero attached hydrogens (tertiary/aromatic N) is 1. The van der Waals surface area contributed by atoms with Gasteiger partial charge in [-0.2, -0.15) is 0 Å². The summed E-state index contributed by atoms with van der Waals surface area (Å²) in [6.07, 6.45) is 1.31. The molecular weight excluding hydrogens is 224 g/mol. The summed E-state index contributed by atoms with van der Waals surface area (Å²) in [5.41, 5.74) is 4.11. The first-order valence-corrected chi connectivity index (χ1v) is 6.70. The molecule has 0 bridgehead atoms. The van der Waals surface area contributed by atoms with Gasteiger partial charge in [0.05, 0.1) is 0 Å². The molecule has 2 heterocycles. The Morgan fingerprint density at radius 2 is 2.00 bits per heavy atom. The Morgan fingerprint density at radius 3 is 2.78 bits per heavy atom. The third-order valence-electron chi connectivity index (χ3n) is 3.96. The summed E-state index contributed by atoms with van der Waals surface area (Å²) < 4.78 is 0. The molecule has 0 aliphatic carbocycles. The maximum Gasteiger partial charge on any atom is 0.136 e. The number of Topliss-reactive ketones (excluding diaryl/α,β-unsaturated/α-hetero) is 1. The Morgan fingerprint density at radius 1 is 1.22 bits per heavy atom. The molecule has 2 atom stereocenters. The third-order valence-corrected chi connectivity index (χ3v) is 3.96. The van der Waals surface area contributed by atoms with Gasteiger partial charge in [-0.25, -0.2) is 0 Å². The van der Waals surface area contributed by atoms with Crippen LogP contribution in [0.1, 0.15) is 42.5 Å². The monoisotopic (exact) mass is 244 g/mol. The van der Waals surface area contributed by atoms with Gasteiger partial charge < -0.3 is 5.32 Å². The molecule has 1 fully saturated rings. The molecule has 1 aromatic carbocycles.